The molecule has 1 aromatic heterocycles. The normalized spacial score (nSPS) is 10.3. The van der Waals surface area contributed by atoms with Crippen molar-refractivity contribution in [3.8, 4) is 11.5 Å². The maximum atomic E-state index is 12.7. The van der Waals surface area contributed by atoms with Crippen molar-refractivity contribution in [1.29, 1.82) is 0 Å². The van der Waals surface area contributed by atoms with Crippen molar-refractivity contribution in [1.82, 2.24) is 4.98 Å². The van der Waals surface area contributed by atoms with Crippen LogP contribution in [0.2, 0.25) is 0 Å². The van der Waals surface area contributed by atoms with E-state index in [4.69, 9.17) is 9.47 Å². The molecule has 0 aliphatic heterocycles. The molecule has 6 heteroatoms. The lowest BCUT2D eigenvalue weighted by atomic mass is 10.1. The molecule has 0 aliphatic rings. The lowest BCUT2D eigenvalue weighted by molar-refractivity contribution is 0.102. The smallest absolute Gasteiger partial charge is 0.263 e. The molecular weight excluding hydrogens is 354 g/mol. The van der Waals surface area contributed by atoms with Gasteiger partial charge in [-0.1, -0.05) is 12.1 Å². The molecule has 144 valence electrons. The zero-order valence-electron chi connectivity index (χ0n) is 16.4. The summed E-state index contributed by atoms with van der Waals surface area (Å²) < 4.78 is 10.6. The Labute approximate surface area is 164 Å². The van der Waals surface area contributed by atoms with Crippen LogP contribution in [0, 0.1) is 13.8 Å². The summed E-state index contributed by atoms with van der Waals surface area (Å²) in [6, 6.07) is 14.9. The number of hydrogen-bond acceptors (Lipinski definition) is 5. The minimum absolute atomic E-state index is 0.328. The van der Waals surface area contributed by atoms with E-state index in [9.17, 15) is 4.79 Å². The average Bonchev–Trinajstić information content (AvgIpc) is 2.71. The number of methoxy groups -OCH3 is 2. The summed E-state index contributed by atoms with van der Waals surface area (Å²) in [7, 11) is 3.03. The molecule has 3 aromatic rings. The molecule has 1 amide bonds. The number of rotatable bonds is 6. The van der Waals surface area contributed by atoms with Crippen molar-refractivity contribution in [2.45, 2.75) is 13.8 Å². The van der Waals surface area contributed by atoms with Crippen LogP contribution in [0.1, 0.15) is 21.5 Å². The molecule has 3 rings (SSSR count). The number of nitrogens with zero attached hydrogens (tertiary/aromatic N) is 1. The van der Waals surface area contributed by atoms with Gasteiger partial charge < -0.3 is 20.1 Å². The Hall–Kier alpha value is -3.54. The zero-order valence-corrected chi connectivity index (χ0v) is 16.4. The molecule has 0 aliphatic carbocycles. The molecule has 0 saturated carbocycles. The second-order valence-corrected chi connectivity index (χ2v) is 6.35. The predicted octanol–water partition coefficient (Wildman–Crippen LogP) is 4.71. The van der Waals surface area contributed by atoms with E-state index in [2.05, 4.69) is 41.6 Å². The standard InChI is InChI=1S/C22H23N3O3/c1-14-8-9-16(12-15(14)2)24-20-11-10-17(13-23-20)25-22(26)21-18(27-3)6-5-7-19(21)28-4/h5-13H,1-4H3,(H,23,24)(H,25,26). The Morgan fingerprint density at radius 3 is 2.14 bits per heavy atom. The highest BCUT2D eigenvalue weighted by atomic mass is 16.5. The van der Waals surface area contributed by atoms with Gasteiger partial charge in [0.2, 0.25) is 0 Å². The number of anilines is 3. The third-order valence-corrected chi connectivity index (χ3v) is 4.46. The van der Waals surface area contributed by atoms with Gasteiger partial charge in [0.05, 0.1) is 26.1 Å². The highest BCUT2D eigenvalue weighted by Crippen LogP contribution is 2.29. The zero-order chi connectivity index (χ0) is 20.1. The predicted molar refractivity (Wildman–Crippen MR) is 111 cm³/mol. The van der Waals surface area contributed by atoms with E-state index in [1.54, 1.807) is 30.5 Å². The summed E-state index contributed by atoms with van der Waals surface area (Å²) in [6.07, 6.45) is 1.60. The van der Waals surface area contributed by atoms with Gasteiger partial charge in [0.25, 0.3) is 5.91 Å². The van der Waals surface area contributed by atoms with Crippen LogP contribution >= 0.6 is 0 Å². The molecule has 6 nitrogen and oxygen atoms in total. The van der Waals surface area contributed by atoms with Crippen molar-refractivity contribution in [3.05, 3.63) is 71.4 Å². The molecular formula is C22H23N3O3. The second kappa shape index (κ2) is 8.43. The van der Waals surface area contributed by atoms with E-state index in [0.29, 0.717) is 28.6 Å². The van der Waals surface area contributed by atoms with Gasteiger partial charge in [-0.05, 0) is 61.4 Å². The fraction of sp³-hybridized carbons (Fsp3) is 0.182. The van der Waals surface area contributed by atoms with Crippen LogP contribution in [0.5, 0.6) is 11.5 Å². The minimum atomic E-state index is -0.328. The Bertz CT molecular complexity index is 963. The van der Waals surface area contributed by atoms with Crippen LogP contribution in [-0.2, 0) is 0 Å². The van der Waals surface area contributed by atoms with E-state index >= 15 is 0 Å². The number of carbonyl (C=O) groups is 1. The van der Waals surface area contributed by atoms with Crippen LogP contribution in [-0.4, -0.2) is 25.1 Å². The molecule has 0 bridgehead atoms. The van der Waals surface area contributed by atoms with Gasteiger partial charge in [0, 0.05) is 5.69 Å². The average molecular weight is 377 g/mol. The maximum absolute atomic E-state index is 12.7. The fourth-order valence-electron chi connectivity index (χ4n) is 2.78. The van der Waals surface area contributed by atoms with E-state index in [1.165, 1.54) is 25.3 Å². The lowest BCUT2D eigenvalue weighted by Crippen LogP contribution is -2.14. The molecule has 0 unspecified atom stereocenters. The molecule has 28 heavy (non-hydrogen) atoms. The van der Waals surface area contributed by atoms with Crippen molar-refractivity contribution >= 4 is 23.1 Å². The van der Waals surface area contributed by atoms with Gasteiger partial charge in [-0.2, -0.15) is 0 Å². The van der Waals surface area contributed by atoms with Crippen LogP contribution in [0.3, 0.4) is 0 Å². The number of aryl methyl sites for hydroxylation is 2. The van der Waals surface area contributed by atoms with E-state index < -0.39 is 0 Å². The van der Waals surface area contributed by atoms with Gasteiger partial charge in [-0.3, -0.25) is 4.79 Å². The van der Waals surface area contributed by atoms with Gasteiger partial charge in [-0.15, -0.1) is 0 Å². The Morgan fingerprint density at radius 1 is 0.893 bits per heavy atom. The van der Waals surface area contributed by atoms with E-state index in [1.807, 2.05) is 12.1 Å². The van der Waals surface area contributed by atoms with Gasteiger partial charge in [-0.25, -0.2) is 4.98 Å². The quantitative estimate of drug-likeness (QED) is 0.651. The molecule has 0 fully saturated rings. The van der Waals surface area contributed by atoms with Crippen molar-refractivity contribution < 1.29 is 14.3 Å². The highest BCUT2D eigenvalue weighted by Gasteiger charge is 2.18. The SMILES string of the molecule is COc1cccc(OC)c1C(=O)Nc1ccc(Nc2ccc(C)c(C)c2)nc1. The second-order valence-electron chi connectivity index (χ2n) is 6.35. The summed E-state index contributed by atoms with van der Waals surface area (Å²) >= 11 is 0. The summed E-state index contributed by atoms with van der Waals surface area (Å²) in [5, 5.41) is 6.08. The Balaban J connectivity index is 1.74. The van der Waals surface area contributed by atoms with Crippen molar-refractivity contribution in [3.63, 3.8) is 0 Å². The first-order chi connectivity index (χ1) is 13.5. The number of pyridine rings is 1. The topological polar surface area (TPSA) is 72.5 Å². The highest BCUT2D eigenvalue weighted by molar-refractivity contribution is 6.08. The van der Waals surface area contributed by atoms with Crippen LogP contribution in [0.4, 0.5) is 17.2 Å². The Kier molecular flexibility index (Phi) is 5.79. The number of benzene rings is 2. The summed E-state index contributed by atoms with van der Waals surface area (Å²) in [5.41, 5.74) is 4.32. The van der Waals surface area contributed by atoms with Crippen LogP contribution < -0.4 is 20.1 Å². The van der Waals surface area contributed by atoms with Gasteiger partial charge >= 0.3 is 0 Å². The number of carbonyl (C=O) groups excluding carboxylic acids is 1. The first-order valence-corrected chi connectivity index (χ1v) is 8.84. The molecule has 2 aromatic carbocycles. The molecule has 2 N–H and O–H groups in total. The largest absolute Gasteiger partial charge is 0.496 e. The first kappa shape index (κ1) is 19.2. The van der Waals surface area contributed by atoms with Gasteiger partial charge in [0.15, 0.2) is 0 Å². The fourth-order valence-corrected chi connectivity index (χ4v) is 2.78. The van der Waals surface area contributed by atoms with E-state index in [0.717, 1.165) is 5.69 Å². The summed E-state index contributed by atoms with van der Waals surface area (Å²) in [4.78, 5) is 17.1. The third-order valence-electron chi connectivity index (χ3n) is 4.46. The van der Waals surface area contributed by atoms with Crippen molar-refractivity contribution in [2.24, 2.45) is 0 Å². The maximum Gasteiger partial charge on any atom is 0.263 e. The minimum Gasteiger partial charge on any atom is -0.496 e. The summed E-state index contributed by atoms with van der Waals surface area (Å²) in [5.74, 6) is 1.25. The van der Waals surface area contributed by atoms with Crippen LogP contribution in [0.15, 0.2) is 54.7 Å². The first-order valence-electron chi connectivity index (χ1n) is 8.84. The molecule has 0 radical (unpaired) electrons. The van der Waals surface area contributed by atoms with Crippen molar-refractivity contribution in [2.75, 3.05) is 24.9 Å². The Morgan fingerprint density at radius 2 is 1.57 bits per heavy atom. The van der Waals surface area contributed by atoms with Gasteiger partial charge in [0.1, 0.15) is 22.9 Å². The third kappa shape index (κ3) is 4.23. The lowest BCUT2D eigenvalue weighted by Gasteiger charge is -2.13. The number of nitrogens with one attached hydrogen (secondary N) is 2. The van der Waals surface area contributed by atoms with E-state index in [-0.39, 0.29) is 5.91 Å². The number of hydrogen-bond donors (Lipinski definition) is 2. The van der Waals surface area contributed by atoms with Crippen LogP contribution in [0.25, 0.3) is 0 Å². The number of ether oxygens (including phenoxy) is 2. The number of aromatic nitrogens is 1. The molecule has 0 saturated heterocycles. The molecule has 0 spiro atoms. The molecule has 1 heterocycles. The molecule has 0 atom stereocenters. The monoisotopic (exact) mass is 377 g/mol. The number of amides is 1. The summed E-state index contributed by atoms with van der Waals surface area (Å²) in [6.45, 7) is 4.14.